The van der Waals surface area contributed by atoms with Gasteiger partial charge in [-0.3, -0.25) is 4.79 Å². The lowest BCUT2D eigenvalue weighted by Gasteiger charge is -2.08. The molecular formula is C15H15NO4S. The Labute approximate surface area is 125 Å². The number of nitrogens with one attached hydrogen (secondary N) is 1. The fourth-order valence-corrected chi connectivity index (χ4v) is 2.69. The van der Waals surface area contributed by atoms with Crippen LogP contribution in [0.4, 0.5) is 0 Å². The van der Waals surface area contributed by atoms with Crippen molar-refractivity contribution in [1.29, 1.82) is 0 Å². The van der Waals surface area contributed by atoms with Gasteiger partial charge in [0.2, 0.25) is 0 Å². The van der Waals surface area contributed by atoms with Crippen molar-refractivity contribution in [2.75, 3.05) is 6.54 Å². The molecule has 1 unspecified atom stereocenters. The number of hydrogen-bond donors (Lipinski definition) is 3. The Morgan fingerprint density at radius 2 is 1.90 bits per heavy atom. The summed E-state index contributed by atoms with van der Waals surface area (Å²) in [6, 6.07) is 11.4. The number of benzene rings is 1. The molecule has 1 heterocycles. The van der Waals surface area contributed by atoms with Crippen molar-refractivity contribution in [3.63, 3.8) is 0 Å². The van der Waals surface area contributed by atoms with E-state index in [1.54, 1.807) is 0 Å². The van der Waals surface area contributed by atoms with E-state index < -0.39 is 12.1 Å². The van der Waals surface area contributed by atoms with Gasteiger partial charge in [0.15, 0.2) is 6.10 Å². The van der Waals surface area contributed by atoms with Crippen LogP contribution < -0.4 is 5.32 Å². The van der Waals surface area contributed by atoms with Crippen molar-refractivity contribution in [1.82, 2.24) is 5.32 Å². The van der Waals surface area contributed by atoms with Crippen molar-refractivity contribution < 1.29 is 19.8 Å². The molecule has 0 fully saturated rings. The minimum Gasteiger partial charge on any atom is -0.479 e. The Kier molecular flexibility index (Phi) is 5.08. The Balaban J connectivity index is 2.01. The highest BCUT2D eigenvalue weighted by Crippen LogP contribution is 2.27. The van der Waals surface area contributed by atoms with Crippen molar-refractivity contribution in [3.05, 3.63) is 46.7 Å². The molecular weight excluding hydrogens is 290 g/mol. The molecule has 110 valence electrons. The maximum Gasteiger partial charge on any atom is 0.332 e. The number of aliphatic carboxylic acids is 1. The van der Waals surface area contributed by atoms with Gasteiger partial charge in [0.25, 0.3) is 5.91 Å². The number of carboxylic acids is 1. The first-order valence-electron chi connectivity index (χ1n) is 6.41. The highest BCUT2D eigenvalue weighted by Gasteiger charge is 2.16. The third kappa shape index (κ3) is 3.90. The summed E-state index contributed by atoms with van der Waals surface area (Å²) in [6.45, 7) is 0.110. The largest absolute Gasteiger partial charge is 0.479 e. The Hall–Kier alpha value is -2.18. The molecule has 1 amide bonds. The number of rotatable bonds is 6. The quantitative estimate of drug-likeness (QED) is 0.761. The third-order valence-electron chi connectivity index (χ3n) is 2.94. The first-order chi connectivity index (χ1) is 10.1. The van der Waals surface area contributed by atoms with E-state index in [1.807, 2.05) is 41.8 Å². The second-order valence-corrected chi connectivity index (χ2v) is 5.34. The molecule has 21 heavy (non-hydrogen) atoms. The molecule has 0 bridgehead atoms. The molecule has 0 spiro atoms. The highest BCUT2D eigenvalue weighted by atomic mass is 32.1. The Bertz CT molecular complexity index is 624. The molecule has 6 heteroatoms. The van der Waals surface area contributed by atoms with Crippen LogP contribution in [0.5, 0.6) is 0 Å². The first kappa shape index (κ1) is 15.2. The van der Waals surface area contributed by atoms with Crippen molar-refractivity contribution in [3.8, 4) is 11.1 Å². The highest BCUT2D eigenvalue weighted by molar-refractivity contribution is 7.12. The van der Waals surface area contributed by atoms with Crippen LogP contribution in [0.3, 0.4) is 0 Å². The van der Waals surface area contributed by atoms with Crippen LogP contribution in [0.1, 0.15) is 16.1 Å². The summed E-state index contributed by atoms with van der Waals surface area (Å²) in [7, 11) is 0. The van der Waals surface area contributed by atoms with Crippen LogP contribution in [-0.2, 0) is 4.79 Å². The van der Waals surface area contributed by atoms with Gasteiger partial charge in [-0.2, -0.15) is 0 Å². The minimum absolute atomic E-state index is 0.0207. The normalized spacial score (nSPS) is 11.9. The number of amides is 1. The smallest absolute Gasteiger partial charge is 0.332 e. The molecule has 1 aromatic carbocycles. The Morgan fingerprint density at radius 1 is 1.19 bits per heavy atom. The van der Waals surface area contributed by atoms with Gasteiger partial charge in [0, 0.05) is 18.5 Å². The molecule has 5 nitrogen and oxygen atoms in total. The van der Waals surface area contributed by atoms with Crippen molar-refractivity contribution >= 4 is 23.2 Å². The van der Waals surface area contributed by atoms with E-state index in [1.165, 1.54) is 11.3 Å². The second-order valence-electron chi connectivity index (χ2n) is 4.43. The van der Waals surface area contributed by atoms with E-state index in [4.69, 9.17) is 10.2 Å². The van der Waals surface area contributed by atoms with Crippen LogP contribution in [0, 0.1) is 0 Å². The van der Waals surface area contributed by atoms with Gasteiger partial charge < -0.3 is 15.5 Å². The van der Waals surface area contributed by atoms with Gasteiger partial charge in [-0.25, -0.2) is 4.79 Å². The van der Waals surface area contributed by atoms with Crippen molar-refractivity contribution in [2.24, 2.45) is 0 Å². The molecule has 0 aliphatic heterocycles. The van der Waals surface area contributed by atoms with E-state index in [9.17, 15) is 9.59 Å². The number of carbonyl (C=O) groups is 2. The zero-order valence-electron chi connectivity index (χ0n) is 11.2. The molecule has 0 aliphatic rings. The first-order valence-corrected chi connectivity index (χ1v) is 7.29. The summed E-state index contributed by atoms with van der Waals surface area (Å²) >= 11 is 1.33. The van der Waals surface area contributed by atoms with E-state index in [0.717, 1.165) is 11.1 Å². The summed E-state index contributed by atoms with van der Waals surface area (Å²) in [5.41, 5.74) is 1.80. The summed E-state index contributed by atoms with van der Waals surface area (Å²) in [5.74, 6) is -1.55. The zero-order valence-corrected chi connectivity index (χ0v) is 12.0. The monoisotopic (exact) mass is 305 g/mol. The van der Waals surface area contributed by atoms with Crippen LogP contribution in [0.2, 0.25) is 0 Å². The lowest BCUT2D eigenvalue weighted by molar-refractivity contribution is -0.146. The summed E-state index contributed by atoms with van der Waals surface area (Å²) in [5, 5.41) is 22.2. The number of carbonyl (C=O) groups excluding carboxylic acids is 1. The van der Waals surface area contributed by atoms with Gasteiger partial charge >= 0.3 is 5.97 Å². The third-order valence-corrected chi connectivity index (χ3v) is 3.86. The lowest BCUT2D eigenvalue weighted by atomic mass is 10.1. The second kappa shape index (κ2) is 7.01. The predicted octanol–water partition coefficient (Wildman–Crippen LogP) is 1.98. The zero-order chi connectivity index (χ0) is 15.2. The lowest BCUT2D eigenvalue weighted by Crippen LogP contribution is -2.29. The van der Waals surface area contributed by atoms with Crippen LogP contribution >= 0.6 is 11.3 Å². The van der Waals surface area contributed by atoms with Gasteiger partial charge in [-0.15, -0.1) is 11.3 Å². The van der Waals surface area contributed by atoms with Crippen LogP contribution in [0.25, 0.3) is 11.1 Å². The van der Waals surface area contributed by atoms with Gasteiger partial charge in [-0.05, 0) is 17.0 Å². The summed E-state index contributed by atoms with van der Waals surface area (Å²) in [6.07, 6.45) is -1.48. The van der Waals surface area contributed by atoms with Crippen molar-refractivity contribution in [2.45, 2.75) is 12.5 Å². The topological polar surface area (TPSA) is 86.6 Å². The molecule has 0 radical (unpaired) electrons. The summed E-state index contributed by atoms with van der Waals surface area (Å²) in [4.78, 5) is 23.2. The molecule has 0 saturated carbocycles. The van der Waals surface area contributed by atoms with E-state index in [2.05, 4.69) is 5.32 Å². The van der Waals surface area contributed by atoms with E-state index in [0.29, 0.717) is 4.88 Å². The molecule has 0 aliphatic carbocycles. The average Bonchev–Trinajstić information content (AvgIpc) is 2.97. The number of thiophene rings is 1. The molecule has 1 atom stereocenters. The Morgan fingerprint density at radius 3 is 2.57 bits per heavy atom. The van der Waals surface area contributed by atoms with E-state index >= 15 is 0 Å². The van der Waals surface area contributed by atoms with Gasteiger partial charge in [0.1, 0.15) is 0 Å². The fourth-order valence-electron chi connectivity index (χ4n) is 1.86. The summed E-state index contributed by atoms with van der Waals surface area (Å²) < 4.78 is 0. The fraction of sp³-hybridized carbons (Fsp3) is 0.200. The number of aliphatic hydroxyl groups is 1. The van der Waals surface area contributed by atoms with Gasteiger partial charge in [0.05, 0.1) is 4.88 Å². The van der Waals surface area contributed by atoms with E-state index in [-0.39, 0.29) is 18.9 Å². The number of aliphatic hydroxyl groups excluding tert-OH is 1. The maximum absolute atomic E-state index is 12.1. The van der Waals surface area contributed by atoms with Gasteiger partial charge in [-0.1, -0.05) is 30.3 Å². The van der Waals surface area contributed by atoms with Crippen LogP contribution in [-0.4, -0.2) is 34.7 Å². The SMILES string of the molecule is O=C(NCCC(O)C(=O)O)c1sccc1-c1ccccc1. The molecule has 2 aromatic rings. The number of hydrogen-bond acceptors (Lipinski definition) is 4. The molecule has 0 saturated heterocycles. The van der Waals surface area contributed by atoms with Crippen LogP contribution in [0.15, 0.2) is 41.8 Å². The number of carboxylic acid groups (broad SMARTS) is 1. The standard InChI is InChI=1S/C15H15NO4S/c17-12(15(19)20)6-8-16-14(18)13-11(7-9-21-13)10-4-2-1-3-5-10/h1-5,7,9,12,17H,6,8H2,(H,16,18)(H,19,20). The molecule has 2 rings (SSSR count). The average molecular weight is 305 g/mol. The predicted molar refractivity (Wildman–Crippen MR) is 80.3 cm³/mol. The minimum atomic E-state index is -1.46. The molecule has 1 aromatic heterocycles. The maximum atomic E-state index is 12.1. The molecule has 3 N–H and O–H groups in total.